The normalized spacial score (nSPS) is 21.3. The number of nitrogens with zero attached hydrogens (tertiary/aromatic N) is 2. The van der Waals surface area contributed by atoms with E-state index >= 15 is 0 Å². The summed E-state index contributed by atoms with van der Waals surface area (Å²) in [5.41, 5.74) is 1.59. The Labute approximate surface area is 131 Å². The van der Waals surface area contributed by atoms with Gasteiger partial charge in [0, 0.05) is 16.8 Å². The van der Waals surface area contributed by atoms with E-state index < -0.39 is 0 Å². The van der Waals surface area contributed by atoms with Gasteiger partial charge in [-0.15, -0.1) is 11.3 Å². The van der Waals surface area contributed by atoms with Crippen molar-refractivity contribution in [3.05, 3.63) is 21.8 Å². The molecule has 2 rings (SSSR count). The molecule has 2 atom stereocenters. The molecule has 2 heterocycles. The fourth-order valence-electron chi connectivity index (χ4n) is 2.53. The number of hydrogen-bond donors (Lipinski definition) is 2. The first-order chi connectivity index (χ1) is 9.68. The third-order valence-electron chi connectivity index (χ3n) is 4.12. The Morgan fingerprint density at radius 2 is 2.10 bits per heavy atom. The lowest BCUT2D eigenvalue weighted by atomic mass is 9.93. The van der Waals surface area contributed by atoms with E-state index in [1.165, 1.54) is 11.3 Å². The predicted octanol–water partition coefficient (Wildman–Crippen LogP) is 4.19. The molecule has 1 aliphatic rings. The average Bonchev–Trinajstić information content (AvgIpc) is 2.94. The van der Waals surface area contributed by atoms with E-state index in [4.69, 9.17) is 5.41 Å². The summed E-state index contributed by atoms with van der Waals surface area (Å²) in [6, 6.07) is 0.0821. The summed E-state index contributed by atoms with van der Waals surface area (Å²) in [6.07, 6.45) is 0.943. The lowest BCUT2D eigenvalue weighted by Gasteiger charge is -2.30. The van der Waals surface area contributed by atoms with Crippen LogP contribution in [0.2, 0.25) is 0 Å². The number of aliphatic hydroxyl groups excluding tert-OH is 1. The third kappa shape index (κ3) is 2.71. The molecule has 1 aromatic rings. The molecule has 116 valence electrons. The second-order valence-electron chi connectivity index (χ2n) is 6.74. The molecular formula is C16H25N3OS. The van der Waals surface area contributed by atoms with Gasteiger partial charge in [-0.3, -0.25) is 5.41 Å². The molecule has 1 aliphatic heterocycles. The van der Waals surface area contributed by atoms with Gasteiger partial charge in [-0.25, -0.2) is 4.98 Å². The van der Waals surface area contributed by atoms with E-state index in [9.17, 15) is 5.11 Å². The first-order valence-corrected chi connectivity index (χ1v) is 8.33. The number of thiazole rings is 1. The number of rotatable bonds is 3. The molecule has 5 heteroatoms. The molecule has 0 aromatic carbocycles. The Kier molecular flexibility index (Phi) is 4.15. The Morgan fingerprint density at radius 1 is 1.48 bits per heavy atom. The first kappa shape index (κ1) is 16.0. The number of nitrogens with one attached hydrogen (secondary N) is 1. The fourth-order valence-corrected chi connectivity index (χ4v) is 3.63. The molecule has 0 radical (unpaired) electrons. The van der Waals surface area contributed by atoms with Gasteiger partial charge in [-0.1, -0.05) is 27.7 Å². The molecule has 0 bridgehead atoms. The molecule has 0 saturated carbocycles. The van der Waals surface area contributed by atoms with Gasteiger partial charge in [0.15, 0.2) is 0 Å². The van der Waals surface area contributed by atoms with Crippen LogP contribution in [-0.2, 0) is 5.41 Å². The standard InChI is InChI=1S/C16H25N3OS/c1-7-9(2)19-10(3)13(20)12(14(19)17)15-18-11(8-21-15)16(4,5)6/h8-10,17,20H,7H2,1-6H3. The van der Waals surface area contributed by atoms with Crippen LogP contribution in [0.15, 0.2) is 11.1 Å². The van der Waals surface area contributed by atoms with Gasteiger partial charge in [0.1, 0.15) is 16.6 Å². The average molecular weight is 307 g/mol. The maximum Gasteiger partial charge on any atom is 0.135 e. The Balaban J connectivity index is 2.40. The SMILES string of the molecule is CCC(C)N1C(=N)C(c2nc(C(C)(C)C)cs2)=C(O)C1C. The van der Waals surface area contributed by atoms with Crippen molar-refractivity contribution in [2.24, 2.45) is 0 Å². The molecule has 0 saturated heterocycles. The third-order valence-corrected chi connectivity index (χ3v) is 4.98. The summed E-state index contributed by atoms with van der Waals surface area (Å²) < 4.78 is 0. The van der Waals surface area contributed by atoms with Crippen LogP contribution in [0.1, 0.15) is 58.7 Å². The highest BCUT2D eigenvalue weighted by molar-refractivity contribution is 7.11. The van der Waals surface area contributed by atoms with Crippen LogP contribution in [0, 0.1) is 5.41 Å². The highest BCUT2D eigenvalue weighted by atomic mass is 32.1. The molecule has 2 unspecified atom stereocenters. The highest BCUT2D eigenvalue weighted by Gasteiger charge is 2.38. The van der Waals surface area contributed by atoms with Gasteiger partial charge >= 0.3 is 0 Å². The van der Waals surface area contributed by atoms with Gasteiger partial charge in [-0.05, 0) is 20.3 Å². The van der Waals surface area contributed by atoms with Crippen LogP contribution in [0.25, 0.3) is 5.57 Å². The quantitative estimate of drug-likeness (QED) is 0.880. The zero-order chi connectivity index (χ0) is 15.9. The summed E-state index contributed by atoms with van der Waals surface area (Å²) in [7, 11) is 0. The predicted molar refractivity (Wildman–Crippen MR) is 89.1 cm³/mol. The van der Waals surface area contributed by atoms with Crippen molar-refractivity contribution in [2.45, 2.75) is 65.5 Å². The monoisotopic (exact) mass is 307 g/mol. The van der Waals surface area contributed by atoms with E-state index in [0.29, 0.717) is 11.4 Å². The molecule has 1 aromatic heterocycles. The van der Waals surface area contributed by atoms with E-state index in [1.807, 2.05) is 17.2 Å². The maximum absolute atomic E-state index is 10.5. The zero-order valence-electron chi connectivity index (χ0n) is 13.7. The van der Waals surface area contributed by atoms with E-state index in [2.05, 4.69) is 39.6 Å². The molecule has 0 fully saturated rings. The van der Waals surface area contributed by atoms with Crippen LogP contribution >= 0.6 is 11.3 Å². The van der Waals surface area contributed by atoms with Crippen molar-refractivity contribution in [3.8, 4) is 0 Å². The van der Waals surface area contributed by atoms with Crippen LogP contribution in [0.4, 0.5) is 0 Å². The van der Waals surface area contributed by atoms with E-state index in [1.54, 1.807) is 0 Å². The van der Waals surface area contributed by atoms with Crippen molar-refractivity contribution >= 4 is 22.7 Å². The topological polar surface area (TPSA) is 60.2 Å². The Hall–Kier alpha value is -1.36. The van der Waals surface area contributed by atoms with Gasteiger partial charge in [-0.2, -0.15) is 0 Å². The summed E-state index contributed by atoms with van der Waals surface area (Å²) in [5.74, 6) is 0.666. The zero-order valence-corrected chi connectivity index (χ0v) is 14.5. The summed E-state index contributed by atoms with van der Waals surface area (Å²) in [4.78, 5) is 6.63. The van der Waals surface area contributed by atoms with Crippen LogP contribution in [-0.4, -0.2) is 32.9 Å². The molecule has 0 aliphatic carbocycles. The van der Waals surface area contributed by atoms with Crippen molar-refractivity contribution < 1.29 is 5.11 Å². The fraction of sp³-hybridized carbons (Fsp3) is 0.625. The number of aromatic nitrogens is 1. The van der Waals surface area contributed by atoms with Crippen LogP contribution in [0.3, 0.4) is 0 Å². The van der Waals surface area contributed by atoms with Crippen LogP contribution in [0.5, 0.6) is 0 Å². The lowest BCUT2D eigenvalue weighted by molar-refractivity contribution is 0.239. The highest BCUT2D eigenvalue weighted by Crippen LogP contribution is 2.36. The van der Waals surface area contributed by atoms with Crippen molar-refractivity contribution in [1.82, 2.24) is 9.88 Å². The largest absolute Gasteiger partial charge is 0.509 e. The minimum absolute atomic E-state index is 0.0201. The number of amidine groups is 1. The second kappa shape index (κ2) is 5.44. The first-order valence-electron chi connectivity index (χ1n) is 7.45. The lowest BCUT2D eigenvalue weighted by Crippen LogP contribution is -2.40. The van der Waals surface area contributed by atoms with Crippen LogP contribution < -0.4 is 0 Å². The molecule has 4 nitrogen and oxygen atoms in total. The molecule has 21 heavy (non-hydrogen) atoms. The molecule has 0 spiro atoms. The maximum atomic E-state index is 10.5. The smallest absolute Gasteiger partial charge is 0.135 e. The Bertz CT molecular complexity index is 583. The van der Waals surface area contributed by atoms with E-state index in [-0.39, 0.29) is 23.3 Å². The van der Waals surface area contributed by atoms with Crippen molar-refractivity contribution in [2.75, 3.05) is 0 Å². The summed E-state index contributed by atoms with van der Waals surface area (Å²) in [5, 5.41) is 21.7. The Morgan fingerprint density at radius 3 is 2.57 bits per heavy atom. The number of aliphatic hydroxyl groups is 1. The van der Waals surface area contributed by atoms with Crippen molar-refractivity contribution in [1.29, 1.82) is 5.41 Å². The van der Waals surface area contributed by atoms with Gasteiger partial charge in [0.2, 0.25) is 0 Å². The van der Waals surface area contributed by atoms with Gasteiger partial charge in [0.25, 0.3) is 0 Å². The number of hydrogen-bond acceptors (Lipinski definition) is 4. The van der Waals surface area contributed by atoms with E-state index in [0.717, 1.165) is 17.1 Å². The summed E-state index contributed by atoms with van der Waals surface area (Å²) in [6.45, 7) is 12.5. The van der Waals surface area contributed by atoms with Crippen molar-refractivity contribution in [3.63, 3.8) is 0 Å². The molecule has 0 amide bonds. The molecular weight excluding hydrogens is 282 g/mol. The summed E-state index contributed by atoms with van der Waals surface area (Å²) >= 11 is 1.51. The van der Waals surface area contributed by atoms with Gasteiger partial charge in [0.05, 0.1) is 17.3 Å². The molecule has 2 N–H and O–H groups in total. The van der Waals surface area contributed by atoms with Gasteiger partial charge < -0.3 is 10.0 Å². The minimum atomic E-state index is -0.149. The second-order valence-corrected chi connectivity index (χ2v) is 7.60. The minimum Gasteiger partial charge on any atom is -0.509 e.